The molecule has 19 heavy (non-hydrogen) atoms. The highest BCUT2D eigenvalue weighted by atomic mass is 16.2. The lowest BCUT2D eigenvalue weighted by atomic mass is 9.96. The van der Waals surface area contributed by atoms with Crippen molar-refractivity contribution in [3.63, 3.8) is 0 Å². The molecule has 1 fully saturated rings. The number of rotatable bonds is 4. The van der Waals surface area contributed by atoms with E-state index in [4.69, 9.17) is 0 Å². The fourth-order valence-corrected chi connectivity index (χ4v) is 2.31. The molecule has 3 nitrogen and oxygen atoms in total. The van der Waals surface area contributed by atoms with Crippen molar-refractivity contribution in [1.82, 2.24) is 9.80 Å². The number of amides is 1. The van der Waals surface area contributed by atoms with Crippen LogP contribution in [0.2, 0.25) is 0 Å². The number of piperazine rings is 1. The number of unbranched alkanes of at least 4 members (excludes halogenated alkanes) is 1. The summed E-state index contributed by atoms with van der Waals surface area (Å²) in [7, 11) is 0. The summed E-state index contributed by atoms with van der Waals surface area (Å²) in [6.07, 6.45) is 2.87. The Balaban J connectivity index is 0.00000154. The normalized spacial score (nSPS) is 16.8. The molecule has 114 valence electrons. The van der Waals surface area contributed by atoms with E-state index in [2.05, 4.69) is 32.6 Å². The van der Waals surface area contributed by atoms with Crippen LogP contribution >= 0.6 is 0 Å². The van der Waals surface area contributed by atoms with Crippen LogP contribution in [0.15, 0.2) is 0 Å². The molecule has 0 N–H and O–H groups in total. The molecule has 0 saturated carbocycles. The topological polar surface area (TPSA) is 23.6 Å². The highest BCUT2D eigenvalue weighted by Gasteiger charge is 2.23. The lowest BCUT2D eigenvalue weighted by Gasteiger charge is -2.37. The van der Waals surface area contributed by atoms with Gasteiger partial charge in [-0.05, 0) is 11.8 Å². The molecule has 0 unspecified atom stereocenters. The van der Waals surface area contributed by atoms with Gasteiger partial charge in [0, 0.05) is 39.1 Å². The molecule has 1 rings (SSSR count). The van der Waals surface area contributed by atoms with Gasteiger partial charge in [-0.2, -0.15) is 0 Å². The fraction of sp³-hybridized carbons (Fsp3) is 0.938. The van der Waals surface area contributed by atoms with Gasteiger partial charge in [-0.15, -0.1) is 0 Å². The van der Waals surface area contributed by atoms with Gasteiger partial charge in [0.15, 0.2) is 0 Å². The van der Waals surface area contributed by atoms with E-state index in [1.54, 1.807) is 0 Å². The van der Waals surface area contributed by atoms with Crippen molar-refractivity contribution < 1.29 is 4.79 Å². The van der Waals surface area contributed by atoms with Crippen LogP contribution in [0.1, 0.15) is 60.8 Å². The maximum absolute atomic E-state index is 11.9. The first kappa shape index (κ1) is 18.4. The van der Waals surface area contributed by atoms with Gasteiger partial charge in [-0.1, -0.05) is 48.0 Å². The van der Waals surface area contributed by atoms with Crippen molar-refractivity contribution in [2.75, 3.05) is 32.7 Å². The monoisotopic (exact) mass is 270 g/mol. The van der Waals surface area contributed by atoms with Crippen LogP contribution in [0.25, 0.3) is 0 Å². The van der Waals surface area contributed by atoms with Crippen LogP contribution in [0.3, 0.4) is 0 Å². The summed E-state index contributed by atoms with van der Waals surface area (Å²) in [6, 6.07) is 0. The number of hydrogen-bond donors (Lipinski definition) is 0. The molecule has 0 bridgehead atoms. The van der Waals surface area contributed by atoms with E-state index in [1.807, 2.05) is 18.7 Å². The summed E-state index contributed by atoms with van der Waals surface area (Å²) in [4.78, 5) is 16.4. The van der Waals surface area contributed by atoms with Crippen molar-refractivity contribution in [3.8, 4) is 0 Å². The lowest BCUT2D eigenvalue weighted by molar-refractivity contribution is -0.133. The Kier molecular flexibility index (Phi) is 9.07. The molecule has 0 spiro atoms. The average molecular weight is 270 g/mol. The highest BCUT2D eigenvalue weighted by molar-refractivity contribution is 5.76. The van der Waals surface area contributed by atoms with Crippen LogP contribution in [0.5, 0.6) is 0 Å². The Morgan fingerprint density at radius 1 is 1.05 bits per heavy atom. The quantitative estimate of drug-likeness (QED) is 0.782. The molecule has 0 aromatic rings. The minimum Gasteiger partial charge on any atom is -0.340 e. The van der Waals surface area contributed by atoms with Crippen molar-refractivity contribution >= 4 is 5.91 Å². The first-order valence-electron chi connectivity index (χ1n) is 7.92. The van der Waals surface area contributed by atoms with E-state index in [1.165, 1.54) is 0 Å². The van der Waals surface area contributed by atoms with E-state index in [0.717, 1.165) is 52.0 Å². The molecule has 0 aliphatic carbocycles. The molecular formula is C16H34N2O. The summed E-state index contributed by atoms with van der Waals surface area (Å²) in [5.74, 6) is 0.349. The minimum absolute atomic E-state index is 0.349. The summed E-state index contributed by atoms with van der Waals surface area (Å²) in [5, 5.41) is 0. The van der Waals surface area contributed by atoms with E-state index >= 15 is 0 Å². The van der Waals surface area contributed by atoms with E-state index in [9.17, 15) is 4.79 Å². The summed E-state index contributed by atoms with van der Waals surface area (Å²) in [5.41, 5.74) is 0.356. The van der Waals surface area contributed by atoms with Gasteiger partial charge >= 0.3 is 0 Å². The van der Waals surface area contributed by atoms with Gasteiger partial charge in [-0.3, -0.25) is 9.69 Å². The zero-order chi connectivity index (χ0) is 14.9. The number of nitrogens with zero attached hydrogens (tertiary/aromatic N) is 2. The number of carbonyl (C=O) groups excluding carboxylic acids is 1. The Morgan fingerprint density at radius 2 is 1.58 bits per heavy atom. The lowest BCUT2D eigenvalue weighted by Crippen LogP contribution is -2.50. The van der Waals surface area contributed by atoms with Crippen molar-refractivity contribution in [3.05, 3.63) is 0 Å². The molecule has 1 aliphatic heterocycles. The number of carbonyl (C=O) groups is 1. The first-order valence-corrected chi connectivity index (χ1v) is 7.92. The second-order valence-corrected chi connectivity index (χ2v) is 6.32. The number of hydrogen-bond acceptors (Lipinski definition) is 2. The second-order valence-electron chi connectivity index (χ2n) is 6.32. The van der Waals surface area contributed by atoms with Crippen LogP contribution in [0, 0.1) is 5.41 Å². The van der Waals surface area contributed by atoms with Crippen LogP contribution in [-0.2, 0) is 4.79 Å². The fourth-order valence-electron chi connectivity index (χ4n) is 2.31. The standard InChI is InChI=1S/C14H28N2O.C2H6/c1-5-6-7-13(17)16-10-8-15(9-11-16)12-14(2,3)4;1-2/h5-12H2,1-4H3;1-2H3. The van der Waals surface area contributed by atoms with Gasteiger partial charge in [-0.25, -0.2) is 0 Å². The molecule has 0 aromatic carbocycles. The summed E-state index contributed by atoms with van der Waals surface area (Å²) in [6.45, 7) is 18.0. The van der Waals surface area contributed by atoms with Gasteiger partial charge in [0.1, 0.15) is 0 Å². The Morgan fingerprint density at radius 3 is 2.00 bits per heavy atom. The molecular weight excluding hydrogens is 236 g/mol. The average Bonchev–Trinajstić information content (AvgIpc) is 2.37. The van der Waals surface area contributed by atoms with Crippen LogP contribution < -0.4 is 0 Å². The Hall–Kier alpha value is -0.570. The molecule has 1 heterocycles. The zero-order valence-electron chi connectivity index (χ0n) is 14.0. The predicted octanol–water partition coefficient (Wildman–Crippen LogP) is 3.39. The predicted molar refractivity (Wildman–Crippen MR) is 83.3 cm³/mol. The maximum atomic E-state index is 11.9. The van der Waals surface area contributed by atoms with Crippen molar-refractivity contribution in [2.24, 2.45) is 5.41 Å². The van der Waals surface area contributed by atoms with Gasteiger partial charge < -0.3 is 4.90 Å². The van der Waals surface area contributed by atoms with Gasteiger partial charge in [0.25, 0.3) is 0 Å². The SMILES string of the molecule is CC.CCCCC(=O)N1CCN(CC(C)(C)C)CC1. The molecule has 0 radical (unpaired) electrons. The van der Waals surface area contributed by atoms with E-state index in [-0.39, 0.29) is 0 Å². The van der Waals surface area contributed by atoms with Gasteiger partial charge in [0.2, 0.25) is 5.91 Å². The van der Waals surface area contributed by atoms with Crippen LogP contribution in [-0.4, -0.2) is 48.4 Å². The maximum Gasteiger partial charge on any atom is 0.222 e. The molecule has 3 heteroatoms. The molecule has 1 aliphatic rings. The smallest absolute Gasteiger partial charge is 0.222 e. The van der Waals surface area contributed by atoms with E-state index < -0.39 is 0 Å². The van der Waals surface area contributed by atoms with Crippen molar-refractivity contribution in [1.29, 1.82) is 0 Å². The Bertz CT molecular complexity index is 238. The van der Waals surface area contributed by atoms with Crippen LogP contribution in [0.4, 0.5) is 0 Å². The zero-order valence-corrected chi connectivity index (χ0v) is 14.0. The molecule has 1 amide bonds. The first-order chi connectivity index (χ1) is 8.92. The Labute approximate surface area is 120 Å². The third kappa shape index (κ3) is 8.25. The third-order valence-corrected chi connectivity index (χ3v) is 3.17. The molecule has 1 saturated heterocycles. The van der Waals surface area contributed by atoms with Gasteiger partial charge in [0.05, 0.1) is 0 Å². The summed E-state index contributed by atoms with van der Waals surface area (Å²) < 4.78 is 0. The molecule has 0 atom stereocenters. The summed E-state index contributed by atoms with van der Waals surface area (Å²) >= 11 is 0. The highest BCUT2D eigenvalue weighted by Crippen LogP contribution is 2.16. The third-order valence-electron chi connectivity index (χ3n) is 3.17. The molecule has 0 aromatic heterocycles. The minimum atomic E-state index is 0.349. The van der Waals surface area contributed by atoms with Crippen molar-refractivity contribution in [2.45, 2.75) is 60.8 Å². The van der Waals surface area contributed by atoms with E-state index in [0.29, 0.717) is 11.3 Å². The largest absolute Gasteiger partial charge is 0.340 e. The second kappa shape index (κ2) is 9.35.